The number of carbonyl (C=O) groups is 2. The topological polar surface area (TPSA) is 87.7 Å². The van der Waals surface area contributed by atoms with Crippen LogP contribution in [-0.4, -0.2) is 36.3 Å². The first-order valence-electron chi connectivity index (χ1n) is 6.02. The largest absolute Gasteiger partial charge is 0.504 e. The van der Waals surface area contributed by atoms with Gasteiger partial charge in [-0.3, -0.25) is 10.1 Å². The fourth-order valence-corrected chi connectivity index (χ4v) is 1.95. The molecule has 0 radical (unpaired) electrons. The van der Waals surface area contributed by atoms with E-state index in [1.807, 2.05) is 0 Å². The molecule has 3 N–H and O–H groups in total. The second-order valence-corrected chi connectivity index (χ2v) is 4.48. The molecule has 1 aliphatic rings. The molecule has 0 bridgehead atoms. The molecule has 0 aliphatic heterocycles. The second-order valence-electron chi connectivity index (χ2n) is 4.48. The molecule has 2 atom stereocenters. The van der Waals surface area contributed by atoms with Gasteiger partial charge in [0.05, 0.1) is 19.5 Å². The summed E-state index contributed by atoms with van der Waals surface area (Å²) in [5.41, 5.74) is 0.316. The highest BCUT2D eigenvalue weighted by atomic mass is 16.5. The highest BCUT2D eigenvalue weighted by Gasteiger charge is 2.22. The first kappa shape index (κ1) is 14.5. The first-order chi connectivity index (χ1) is 8.52. The molecular formula is C12H20N2O4. The zero-order valence-corrected chi connectivity index (χ0v) is 10.7. The highest BCUT2D eigenvalue weighted by molar-refractivity contribution is 6.03. The van der Waals surface area contributed by atoms with E-state index in [0.29, 0.717) is 12.0 Å². The van der Waals surface area contributed by atoms with Crippen LogP contribution in [0.3, 0.4) is 0 Å². The Morgan fingerprint density at radius 3 is 2.72 bits per heavy atom. The van der Waals surface area contributed by atoms with Gasteiger partial charge >= 0.3 is 6.03 Å². The van der Waals surface area contributed by atoms with E-state index < -0.39 is 11.9 Å². The number of urea groups is 1. The van der Waals surface area contributed by atoms with Crippen LogP contribution in [0, 0.1) is 0 Å². The lowest BCUT2D eigenvalue weighted by Gasteiger charge is -2.26. The third-order valence-electron chi connectivity index (χ3n) is 2.86. The molecule has 0 unspecified atom stereocenters. The lowest BCUT2D eigenvalue weighted by atomic mass is 9.93. The van der Waals surface area contributed by atoms with Crippen LogP contribution in [0.5, 0.6) is 0 Å². The molecule has 1 saturated carbocycles. The first-order valence-corrected chi connectivity index (χ1v) is 6.02. The molecule has 3 amide bonds. The summed E-state index contributed by atoms with van der Waals surface area (Å²) in [6.45, 7) is 1.55. The van der Waals surface area contributed by atoms with Gasteiger partial charge in [-0.05, 0) is 32.6 Å². The average Bonchev–Trinajstić information content (AvgIpc) is 2.28. The monoisotopic (exact) mass is 256 g/mol. The maximum Gasteiger partial charge on any atom is 0.321 e. The van der Waals surface area contributed by atoms with Gasteiger partial charge in [0.2, 0.25) is 0 Å². The number of aliphatic hydroxyl groups is 1. The summed E-state index contributed by atoms with van der Waals surface area (Å²) in [7, 11) is 1.43. The summed E-state index contributed by atoms with van der Waals surface area (Å²) in [5, 5.41) is 14.4. The molecular weight excluding hydrogens is 236 g/mol. The smallest absolute Gasteiger partial charge is 0.321 e. The Hall–Kier alpha value is -1.56. The fraction of sp³-hybridized carbons (Fsp3) is 0.667. The molecule has 0 saturated heterocycles. The number of hydrogen-bond acceptors (Lipinski definition) is 4. The third kappa shape index (κ3) is 4.75. The quantitative estimate of drug-likeness (QED) is 0.511. The predicted molar refractivity (Wildman–Crippen MR) is 65.7 cm³/mol. The van der Waals surface area contributed by atoms with Crippen molar-refractivity contribution in [1.82, 2.24) is 10.6 Å². The van der Waals surface area contributed by atoms with Crippen LogP contribution >= 0.6 is 0 Å². The van der Waals surface area contributed by atoms with E-state index in [1.165, 1.54) is 13.4 Å². The van der Waals surface area contributed by atoms with Gasteiger partial charge in [0.25, 0.3) is 5.91 Å². The van der Waals surface area contributed by atoms with Crippen molar-refractivity contribution in [1.29, 1.82) is 0 Å². The van der Waals surface area contributed by atoms with E-state index in [0.717, 1.165) is 19.3 Å². The maximum absolute atomic E-state index is 11.5. The minimum absolute atomic E-state index is 0.0757. The van der Waals surface area contributed by atoms with Crippen LogP contribution in [0.15, 0.2) is 11.8 Å². The molecule has 0 spiro atoms. The third-order valence-corrected chi connectivity index (χ3v) is 2.86. The molecule has 6 nitrogen and oxygen atoms in total. The molecule has 18 heavy (non-hydrogen) atoms. The lowest BCUT2D eigenvalue weighted by molar-refractivity contribution is -0.116. The minimum Gasteiger partial charge on any atom is -0.504 e. The molecule has 0 aromatic heterocycles. The summed E-state index contributed by atoms with van der Waals surface area (Å²) in [6.07, 6.45) is 3.92. The van der Waals surface area contributed by atoms with Crippen LogP contribution in [0.2, 0.25) is 0 Å². The predicted octanol–water partition coefficient (Wildman–Crippen LogP) is 0.666. The molecule has 102 valence electrons. The van der Waals surface area contributed by atoms with Crippen LogP contribution in [0.4, 0.5) is 4.79 Å². The summed E-state index contributed by atoms with van der Waals surface area (Å²) < 4.78 is 4.68. The van der Waals surface area contributed by atoms with Crippen molar-refractivity contribution >= 4 is 11.9 Å². The van der Waals surface area contributed by atoms with Crippen molar-refractivity contribution in [3.05, 3.63) is 11.8 Å². The Morgan fingerprint density at radius 2 is 2.11 bits per heavy atom. The van der Waals surface area contributed by atoms with Crippen molar-refractivity contribution in [2.45, 2.75) is 44.8 Å². The molecule has 1 rings (SSSR count). The number of imide groups is 1. The van der Waals surface area contributed by atoms with E-state index >= 15 is 0 Å². The summed E-state index contributed by atoms with van der Waals surface area (Å²) >= 11 is 0. The van der Waals surface area contributed by atoms with Crippen molar-refractivity contribution in [2.75, 3.05) is 7.11 Å². The van der Waals surface area contributed by atoms with Gasteiger partial charge in [-0.2, -0.15) is 0 Å². The van der Waals surface area contributed by atoms with Crippen molar-refractivity contribution < 1.29 is 19.4 Å². The van der Waals surface area contributed by atoms with E-state index in [1.54, 1.807) is 6.92 Å². The fourth-order valence-electron chi connectivity index (χ4n) is 1.95. The Labute approximate surface area is 106 Å². The number of amides is 3. The zero-order chi connectivity index (χ0) is 13.5. The van der Waals surface area contributed by atoms with Gasteiger partial charge in [0, 0.05) is 11.6 Å². The van der Waals surface area contributed by atoms with Crippen LogP contribution in [0.25, 0.3) is 0 Å². The van der Waals surface area contributed by atoms with Gasteiger partial charge in [0.1, 0.15) is 0 Å². The zero-order valence-electron chi connectivity index (χ0n) is 10.7. The standard InChI is InChI=1S/C12H20N2O4/c1-8(7-18-2)11(16)14-12(17)13-9-4-3-5-10(15)6-9/h7,9-10,15H,3-6H2,1-2H3,(H2,13,14,16,17)/b8-7+/t9-,10+/m0/s1. The van der Waals surface area contributed by atoms with E-state index in [-0.39, 0.29) is 12.1 Å². The maximum atomic E-state index is 11.5. The van der Waals surface area contributed by atoms with E-state index in [4.69, 9.17) is 0 Å². The number of hydrogen-bond donors (Lipinski definition) is 3. The molecule has 1 fully saturated rings. The normalized spacial score (nSPS) is 24.3. The van der Waals surface area contributed by atoms with Crippen molar-refractivity contribution in [2.24, 2.45) is 0 Å². The molecule has 0 heterocycles. The molecule has 6 heteroatoms. The Morgan fingerprint density at radius 1 is 1.39 bits per heavy atom. The summed E-state index contributed by atoms with van der Waals surface area (Å²) in [4.78, 5) is 23.0. The average molecular weight is 256 g/mol. The van der Waals surface area contributed by atoms with Crippen LogP contribution in [-0.2, 0) is 9.53 Å². The van der Waals surface area contributed by atoms with Gasteiger partial charge in [-0.15, -0.1) is 0 Å². The SMILES string of the molecule is CO/C=C(\C)C(=O)NC(=O)N[C@H]1CCC[C@@H](O)C1. The Kier molecular flexibility index (Phi) is 5.64. The van der Waals surface area contributed by atoms with Crippen molar-refractivity contribution in [3.8, 4) is 0 Å². The molecule has 0 aromatic rings. The number of nitrogens with one attached hydrogen (secondary N) is 2. The van der Waals surface area contributed by atoms with Gasteiger partial charge in [-0.1, -0.05) is 0 Å². The lowest BCUT2D eigenvalue weighted by Crippen LogP contribution is -2.46. The van der Waals surface area contributed by atoms with Gasteiger partial charge < -0.3 is 15.2 Å². The summed E-state index contributed by atoms with van der Waals surface area (Å²) in [5.74, 6) is -0.495. The number of rotatable bonds is 3. The summed E-state index contributed by atoms with van der Waals surface area (Å²) in [6, 6.07) is -0.615. The van der Waals surface area contributed by atoms with Crippen LogP contribution in [0.1, 0.15) is 32.6 Å². The number of aliphatic hydroxyl groups excluding tert-OH is 1. The Bertz CT molecular complexity index is 341. The number of carbonyl (C=O) groups excluding carboxylic acids is 2. The van der Waals surface area contributed by atoms with Crippen LogP contribution < -0.4 is 10.6 Å². The van der Waals surface area contributed by atoms with E-state index in [9.17, 15) is 14.7 Å². The number of methoxy groups -OCH3 is 1. The van der Waals surface area contributed by atoms with Crippen molar-refractivity contribution in [3.63, 3.8) is 0 Å². The number of ether oxygens (including phenoxy) is 1. The second kappa shape index (κ2) is 7.00. The molecule has 1 aliphatic carbocycles. The van der Waals surface area contributed by atoms with Gasteiger partial charge in [0.15, 0.2) is 0 Å². The highest BCUT2D eigenvalue weighted by Crippen LogP contribution is 2.18. The van der Waals surface area contributed by atoms with E-state index in [2.05, 4.69) is 15.4 Å². The molecule has 0 aromatic carbocycles. The minimum atomic E-state index is -0.539. The Balaban J connectivity index is 2.37. The van der Waals surface area contributed by atoms with Gasteiger partial charge in [-0.25, -0.2) is 4.79 Å².